The second-order valence-electron chi connectivity index (χ2n) is 16.5. The molecule has 1 amide bonds. The first-order valence-electron chi connectivity index (χ1n) is 24.7. The van der Waals surface area contributed by atoms with Gasteiger partial charge in [0.25, 0.3) is 0 Å². The molecular weight excluding hydrogens is 699 g/mol. The zero-order valence-electron chi connectivity index (χ0n) is 37.8. The van der Waals surface area contributed by atoms with Crippen molar-refractivity contribution in [2.24, 2.45) is 0 Å². The summed E-state index contributed by atoms with van der Waals surface area (Å²) in [5, 5.41) is 22.9. The summed E-state index contributed by atoms with van der Waals surface area (Å²) in [5.74, 6) is -0.0657. The van der Waals surface area contributed by atoms with Crippen LogP contribution in [0.25, 0.3) is 0 Å². The molecule has 2 unspecified atom stereocenters. The summed E-state index contributed by atoms with van der Waals surface area (Å²) in [5.41, 5.74) is 0. The van der Waals surface area contributed by atoms with Crippen molar-refractivity contribution in [2.75, 3.05) is 6.61 Å². The number of hydrogen-bond donors (Lipinski definition) is 3. The summed E-state index contributed by atoms with van der Waals surface area (Å²) in [7, 11) is 0. The fraction of sp³-hybridized carbons (Fsp3) is 0.755. The minimum absolute atomic E-state index is 0.0657. The number of rotatable bonds is 44. The Bertz CT molecular complexity index is 992. The third-order valence-electron chi connectivity index (χ3n) is 10.9. The predicted octanol–water partition coefficient (Wildman–Crippen LogP) is 15.9. The van der Waals surface area contributed by atoms with Crippen molar-refractivity contribution < 1.29 is 15.0 Å². The smallest absolute Gasteiger partial charge is 0.220 e. The van der Waals surface area contributed by atoms with E-state index in [1.807, 2.05) is 6.08 Å². The van der Waals surface area contributed by atoms with Gasteiger partial charge >= 0.3 is 0 Å². The minimum atomic E-state index is -0.837. The van der Waals surface area contributed by atoms with Crippen LogP contribution in [0.15, 0.2) is 72.9 Å². The van der Waals surface area contributed by atoms with Crippen molar-refractivity contribution in [3.8, 4) is 0 Å². The molecule has 0 aromatic heterocycles. The van der Waals surface area contributed by atoms with Crippen LogP contribution in [0.1, 0.15) is 239 Å². The van der Waals surface area contributed by atoms with Gasteiger partial charge in [-0.25, -0.2) is 0 Å². The molecule has 0 saturated heterocycles. The lowest BCUT2D eigenvalue weighted by Crippen LogP contribution is -2.45. The molecule has 0 aromatic carbocycles. The molecule has 0 saturated carbocycles. The standard InChI is InChI=1S/C53H95NO3/c1-3-5-7-9-11-13-15-16-17-18-19-20-21-22-23-24-25-26-27-28-29-30-31-32-33-34-35-36-37-38-39-41-43-45-47-49-53(57)54-51(50-55)52(56)48-46-44-42-40-14-12-10-8-6-4-2/h5,7,11,13,16-17,19-20,22-23,46,48,51-52,55-56H,3-4,6,8-10,12,14-15,18,21,24-45,47,49-50H2,1-2H3,(H,54,57)/b7-5-,13-11-,17-16-,20-19-,23-22-,48-46+. The Labute approximate surface area is 355 Å². The van der Waals surface area contributed by atoms with E-state index in [-0.39, 0.29) is 12.5 Å². The quantitative estimate of drug-likeness (QED) is 0.0425. The van der Waals surface area contributed by atoms with Crippen LogP contribution >= 0.6 is 0 Å². The lowest BCUT2D eigenvalue weighted by Gasteiger charge is -2.20. The first-order valence-corrected chi connectivity index (χ1v) is 24.7. The van der Waals surface area contributed by atoms with E-state index >= 15 is 0 Å². The SMILES string of the molecule is CC/C=C\C/C=C\C/C=C\C/C=C\C/C=C\CCCCCCCCCCCCCCCCCCCCCC(=O)NC(CO)C(O)/C=C/CCCCCCCCCC. The number of aliphatic hydroxyl groups is 2. The highest BCUT2D eigenvalue weighted by Gasteiger charge is 2.17. The zero-order valence-corrected chi connectivity index (χ0v) is 37.8. The van der Waals surface area contributed by atoms with E-state index in [0.717, 1.165) is 57.8 Å². The normalized spacial score (nSPS) is 13.5. The third-order valence-corrected chi connectivity index (χ3v) is 10.9. The number of amides is 1. The monoisotopic (exact) mass is 794 g/mol. The van der Waals surface area contributed by atoms with Gasteiger partial charge in [-0.3, -0.25) is 4.79 Å². The van der Waals surface area contributed by atoms with E-state index in [0.29, 0.717) is 6.42 Å². The van der Waals surface area contributed by atoms with E-state index < -0.39 is 12.1 Å². The molecule has 0 bridgehead atoms. The van der Waals surface area contributed by atoms with Crippen LogP contribution in [0, 0.1) is 0 Å². The summed E-state index contributed by atoms with van der Waals surface area (Å²) < 4.78 is 0. The van der Waals surface area contributed by atoms with Crippen molar-refractivity contribution in [2.45, 2.75) is 251 Å². The van der Waals surface area contributed by atoms with Crippen molar-refractivity contribution in [1.82, 2.24) is 5.32 Å². The van der Waals surface area contributed by atoms with Gasteiger partial charge in [0.1, 0.15) is 0 Å². The zero-order chi connectivity index (χ0) is 41.4. The van der Waals surface area contributed by atoms with Gasteiger partial charge in [0.2, 0.25) is 5.91 Å². The number of aliphatic hydroxyl groups excluding tert-OH is 2. The van der Waals surface area contributed by atoms with Crippen LogP contribution in [0.5, 0.6) is 0 Å². The van der Waals surface area contributed by atoms with Gasteiger partial charge in [0.15, 0.2) is 0 Å². The van der Waals surface area contributed by atoms with Crippen LogP contribution in [-0.2, 0) is 4.79 Å². The second-order valence-corrected chi connectivity index (χ2v) is 16.5. The number of nitrogens with one attached hydrogen (secondary N) is 1. The Hall–Kier alpha value is -2.17. The molecule has 2 atom stereocenters. The molecule has 0 aliphatic carbocycles. The molecule has 0 spiro atoms. The fourth-order valence-electron chi connectivity index (χ4n) is 7.21. The van der Waals surface area contributed by atoms with Gasteiger partial charge in [-0.1, -0.05) is 241 Å². The Kier molecular flexibility index (Phi) is 46.4. The van der Waals surface area contributed by atoms with Crippen molar-refractivity contribution in [3.63, 3.8) is 0 Å². The van der Waals surface area contributed by atoms with Crippen molar-refractivity contribution >= 4 is 5.91 Å². The molecule has 0 rings (SSSR count). The number of carbonyl (C=O) groups excluding carboxylic acids is 1. The van der Waals surface area contributed by atoms with E-state index in [1.54, 1.807) is 6.08 Å². The summed E-state index contributed by atoms with van der Waals surface area (Å²) >= 11 is 0. The number of hydrogen-bond acceptors (Lipinski definition) is 3. The highest BCUT2D eigenvalue weighted by Crippen LogP contribution is 2.16. The number of carbonyl (C=O) groups is 1. The molecule has 0 aliphatic heterocycles. The first-order chi connectivity index (χ1) is 28.2. The maximum Gasteiger partial charge on any atom is 0.220 e. The summed E-state index contributed by atoms with van der Waals surface area (Å²) in [6.07, 6.45) is 69.0. The largest absolute Gasteiger partial charge is 0.394 e. The van der Waals surface area contributed by atoms with E-state index in [2.05, 4.69) is 79.9 Å². The molecule has 0 fully saturated rings. The summed E-state index contributed by atoms with van der Waals surface area (Å²) in [4.78, 5) is 12.4. The third kappa shape index (κ3) is 44.8. The predicted molar refractivity (Wildman–Crippen MR) is 253 cm³/mol. The first kappa shape index (κ1) is 54.8. The van der Waals surface area contributed by atoms with Gasteiger partial charge < -0.3 is 15.5 Å². The van der Waals surface area contributed by atoms with Crippen molar-refractivity contribution in [3.05, 3.63) is 72.9 Å². The topological polar surface area (TPSA) is 69.6 Å². The van der Waals surface area contributed by atoms with Gasteiger partial charge in [0, 0.05) is 6.42 Å². The second kappa shape index (κ2) is 48.2. The molecule has 57 heavy (non-hydrogen) atoms. The minimum Gasteiger partial charge on any atom is -0.394 e. The lowest BCUT2D eigenvalue weighted by molar-refractivity contribution is -0.123. The number of unbranched alkanes of at least 4 members (excludes halogenated alkanes) is 27. The highest BCUT2D eigenvalue weighted by molar-refractivity contribution is 5.76. The Balaban J connectivity index is 3.45. The van der Waals surface area contributed by atoms with Gasteiger partial charge in [-0.05, 0) is 64.2 Å². The fourth-order valence-corrected chi connectivity index (χ4v) is 7.21. The van der Waals surface area contributed by atoms with E-state index in [4.69, 9.17) is 0 Å². The van der Waals surface area contributed by atoms with Crippen LogP contribution in [-0.4, -0.2) is 34.9 Å². The van der Waals surface area contributed by atoms with Crippen LogP contribution in [0.2, 0.25) is 0 Å². The molecule has 0 aliphatic rings. The van der Waals surface area contributed by atoms with Crippen LogP contribution in [0.3, 0.4) is 0 Å². The summed E-state index contributed by atoms with van der Waals surface area (Å²) in [6.45, 7) is 4.17. The summed E-state index contributed by atoms with van der Waals surface area (Å²) in [6, 6.07) is -0.621. The molecule has 4 heteroatoms. The molecule has 330 valence electrons. The Morgan fingerprint density at radius 1 is 0.439 bits per heavy atom. The van der Waals surface area contributed by atoms with Crippen molar-refractivity contribution in [1.29, 1.82) is 0 Å². The maximum atomic E-state index is 12.4. The highest BCUT2D eigenvalue weighted by atomic mass is 16.3. The molecular formula is C53H95NO3. The van der Waals surface area contributed by atoms with E-state index in [1.165, 1.54) is 161 Å². The van der Waals surface area contributed by atoms with Gasteiger partial charge in [0.05, 0.1) is 18.8 Å². The lowest BCUT2D eigenvalue weighted by atomic mass is 10.0. The molecule has 0 aromatic rings. The van der Waals surface area contributed by atoms with Crippen LogP contribution < -0.4 is 5.32 Å². The molecule has 0 heterocycles. The molecule has 0 radical (unpaired) electrons. The maximum absolute atomic E-state index is 12.4. The Morgan fingerprint density at radius 2 is 0.772 bits per heavy atom. The Morgan fingerprint density at radius 3 is 1.16 bits per heavy atom. The average Bonchev–Trinajstić information content (AvgIpc) is 3.22. The van der Waals surface area contributed by atoms with E-state index in [9.17, 15) is 15.0 Å². The molecule has 4 nitrogen and oxygen atoms in total. The van der Waals surface area contributed by atoms with Gasteiger partial charge in [-0.15, -0.1) is 0 Å². The van der Waals surface area contributed by atoms with Crippen LogP contribution in [0.4, 0.5) is 0 Å². The van der Waals surface area contributed by atoms with Gasteiger partial charge in [-0.2, -0.15) is 0 Å². The average molecular weight is 794 g/mol. The molecule has 3 N–H and O–H groups in total. The number of allylic oxidation sites excluding steroid dienone is 11.